The van der Waals surface area contributed by atoms with E-state index in [1.165, 1.54) is 6.07 Å². The van der Waals surface area contributed by atoms with E-state index in [4.69, 9.17) is 1.37 Å². The highest BCUT2D eigenvalue weighted by atomic mass is 19.4. The summed E-state index contributed by atoms with van der Waals surface area (Å²) in [5.41, 5.74) is -0.0738. The molecular weight excluding hydrogens is 359 g/mol. The second-order valence-corrected chi connectivity index (χ2v) is 6.98. The van der Waals surface area contributed by atoms with Crippen LogP contribution in [0, 0.1) is 12.8 Å². The Morgan fingerprint density at radius 1 is 1.30 bits per heavy atom. The summed E-state index contributed by atoms with van der Waals surface area (Å²) in [7, 11) is 1.93. The lowest BCUT2D eigenvalue weighted by Gasteiger charge is -2.32. The number of alkyl halides is 3. The molecule has 0 spiro atoms. The van der Waals surface area contributed by atoms with E-state index in [-0.39, 0.29) is 22.9 Å². The van der Waals surface area contributed by atoms with Gasteiger partial charge >= 0.3 is 6.18 Å². The second-order valence-electron chi connectivity index (χ2n) is 6.98. The molecular formula is C19H22F3N3O2. The minimum atomic E-state index is -4.56. The zero-order chi connectivity index (χ0) is 20.7. The number of likely N-dealkylation sites (tertiary alicyclic amines) is 1. The summed E-state index contributed by atoms with van der Waals surface area (Å²) in [4.78, 5) is 2.04. The lowest BCUT2D eigenvalue weighted by molar-refractivity contribution is -0.137. The summed E-state index contributed by atoms with van der Waals surface area (Å²) in [5.74, 6) is -0.889. The third kappa shape index (κ3) is 4.22. The first-order chi connectivity index (χ1) is 13.0. The maximum Gasteiger partial charge on any atom is 0.416 e. The monoisotopic (exact) mass is 382 g/mol. The number of phenols is 1. The van der Waals surface area contributed by atoms with Gasteiger partial charge in [-0.3, -0.25) is 0 Å². The number of aryl methyl sites for hydroxylation is 1. The van der Waals surface area contributed by atoms with E-state index < -0.39 is 23.6 Å². The molecule has 0 bridgehead atoms. The van der Waals surface area contributed by atoms with Crippen LogP contribution in [0.15, 0.2) is 24.3 Å². The fraction of sp³-hybridized carbons (Fsp3) is 0.474. The van der Waals surface area contributed by atoms with Crippen molar-refractivity contribution in [2.75, 3.05) is 20.1 Å². The second kappa shape index (κ2) is 7.44. The molecule has 1 aliphatic heterocycles. The van der Waals surface area contributed by atoms with Crippen LogP contribution in [0.5, 0.6) is 5.75 Å². The summed E-state index contributed by atoms with van der Waals surface area (Å²) < 4.78 is 46.8. The summed E-state index contributed by atoms with van der Waals surface area (Å²) in [5, 5.41) is 28.8. The number of benzene rings is 1. The van der Waals surface area contributed by atoms with Gasteiger partial charge in [0.05, 0.1) is 18.3 Å². The SMILES string of the molecule is [2H][C@](O)(c1cc(C)c(-c2ccc(C(F)(F)F)cc2O)nn1)[C@@H]1CCCN(C)C1. The highest BCUT2D eigenvalue weighted by molar-refractivity contribution is 5.69. The zero-order valence-electron chi connectivity index (χ0n) is 16.1. The predicted molar refractivity (Wildman–Crippen MR) is 94.1 cm³/mol. The molecule has 0 amide bonds. The lowest BCUT2D eigenvalue weighted by atomic mass is 9.90. The van der Waals surface area contributed by atoms with Gasteiger partial charge in [-0.2, -0.15) is 18.3 Å². The molecule has 8 heteroatoms. The van der Waals surface area contributed by atoms with Crippen molar-refractivity contribution in [3.05, 3.63) is 41.1 Å². The topological polar surface area (TPSA) is 69.5 Å². The van der Waals surface area contributed by atoms with Crippen LogP contribution in [-0.2, 0) is 6.18 Å². The number of piperidine rings is 1. The summed E-state index contributed by atoms with van der Waals surface area (Å²) in [6.45, 7) is 3.11. The lowest BCUT2D eigenvalue weighted by Crippen LogP contribution is -2.35. The normalized spacial score (nSPS) is 21.6. The van der Waals surface area contributed by atoms with Crippen LogP contribution in [0.4, 0.5) is 13.2 Å². The van der Waals surface area contributed by atoms with Crippen LogP contribution >= 0.6 is 0 Å². The van der Waals surface area contributed by atoms with Gasteiger partial charge in [-0.25, -0.2) is 0 Å². The van der Waals surface area contributed by atoms with Crippen LogP contribution in [0.2, 0.25) is 0 Å². The Labute approximate surface area is 156 Å². The van der Waals surface area contributed by atoms with Gasteiger partial charge in [0.15, 0.2) is 0 Å². The number of hydrogen-bond acceptors (Lipinski definition) is 5. The minimum Gasteiger partial charge on any atom is -0.507 e. The van der Waals surface area contributed by atoms with Crippen molar-refractivity contribution in [1.82, 2.24) is 15.1 Å². The molecule has 5 nitrogen and oxygen atoms in total. The Balaban J connectivity index is 1.93. The van der Waals surface area contributed by atoms with Gasteiger partial charge in [0.1, 0.15) is 11.8 Å². The van der Waals surface area contributed by atoms with E-state index in [0.29, 0.717) is 24.6 Å². The Morgan fingerprint density at radius 2 is 2.04 bits per heavy atom. The zero-order valence-corrected chi connectivity index (χ0v) is 15.1. The highest BCUT2D eigenvalue weighted by Gasteiger charge is 2.31. The molecule has 3 rings (SSSR count). The molecule has 0 aliphatic carbocycles. The molecule has 2 aromatic rings. The molecule has 0 saturated carbocycles. The standard InChI is InChI=1S/C19H22F3N3O2/c1-11-8-15(18(27)12-4-3-7-25(2)10-12)23-24-17(11)14-6-5-13(9-16(14)26)19(20,21)22/h5-6,8-9,12,18,26-27H,3-4,7,10H2,1-2H3/t12-,18-/m1/s1/i18D. The molecule has 146 valence electrons. The van der Waals surface area contributed by atoms with Gasteiger partial charge in [0.25, 0.3) is 0 Å². The number of nitrogens with zero attached hydrogens (tertiary/aromatic N) is 3. The average molecular weight is 382 g/mol. The number of aromatic nitrogens is 2. The van der Waals surface area contributed by atoms with Gasteiger partial charge < -0.3 is 15.1 Å². The van der Waals surface area contributed by atoms with Crippen LogP contribution in [-0.4, -0.2) is 45.4 Å². The average Bonchev–Trinajstić information content (AvgIpc) is 2.61. The van der Waals surface area contributed by atoms with Crippen LogP contribution < -0.4 is 0 Å². The van der Waals surface area contributed by atoms with E-state index >= 15 is 0 Å². The molecule has 0 radical (unpaired) electrons. The van der Waals surface area contributed by atoms with Gasteiger partial charge in [0, 0.05) is 18.0 Å². The first kappa shape index (κ1) is 18.2. The van der Waals surface area contributed by atoms with E-state index in [1.54, 1.807) is 6.92 Å². The fourth-order valence-electron chi connectivity index (χ4n) is 3.38. The highest BCUT2D eigenvalue weighted by Crippen LogP contribution is 2.37. The Hall–Kier alpha value is -2.19. The molecule has 1 saturated heterocycles. The van der Waals surface area contributed by atoms with Crippen molar-refractivity contribution in [2.45, 2.75) is 32.0 Å². The number of aliphatic hydroxyl groups is 1. The number of halogens is 3. The van der Waals surface area contributed by atoms with Crippen molar-refractivity contribution in [1.29, 1.82) is 0 Å². The van der Waals surface area contributed by atoms with E-state index in [0.717, 1.165) is 25.1 Å². The number of rotatable bonds is 3. The molecule has 1 aliphatic rings. The first-order valence-corrected chi connectivity index (χ1v) is 8.66. The Bertz CT molecular complexity index is 874. The van der Waals surface area contributed by atoms with Crippen LogP contribution in [0.25, 0.3) is 11.3 Å². The number of aromatic hydroxyl groups is 1. The largest absolute Gasteiger partial charge is 0.507 e. The van der Waals surface area contributed by atoms with Gasteiger partial charge in [0.2, 0.25) is 0 Å². The maximum atomic E-state index is 12.8. The molecule has 2 heterocycles. The smallest absolute Gasteiger partial charge is 0.416 e. The Kier molecular flexibility index (Phi) is 5.01. The van der Waals surface area contributed by atoms with Crippen molar-refractivity contribution in [3.8, 4) is 17.0 Å². The van der Waals surface area contributed by atoms with Gasteiger partial charge in [-0.1, -0.05) is 0 Å². The summed E-state index contributed by atoms with van der Waals surface area (Å²) in [6, 6.07) is 4.14. The van der Waals surface area contributed by atoms with Crippen molar-refractivity contribution < 1.29 is 24.8 Å². The molecule has 1 aromatic heterocycles. The van der Waals surface area contributed by atoms with Gasteiger partial charge in [-0.15, -0.1) is 5.10 Å². The number of hydrogen-bond donors (Lipinski definition) is 2. The van der Waals surface area contributed by atoms with Crippen molar-refractivity contribution in [2.24, 2.45) is 5.92 Å². The summed E-state index contributed by atoms with van der Waals surface area (Å²) in [6.07, 6.45) is -4.93. The molecule has 2 N–H and O–H groups in total. The van der Waals surface area contributed by atoms with Crippen molar-refractivity contribution >= 4 is 0 Å². The third-order valence-corrected chi connectivity index (χ3v) is 4.84. The predicted octanol–water partition coefficient (Wildman–Crippen LogP) is 3.55. The minimum absolute atomic E-state index is 0.0838. The van der Waals surface area contributed by atoms with Gasteiger partial charge in [-0.05, 0) is 63.2 Å². The van der Waals surface area contributed by atoms with E-state index in [2.05, 4.69) is 10.2 Å². The first-order valence-electron chi connectivity index (χ1n) is 9.16. The van der Waals surface area contributed by atoms with Crippen molar-refractivity contribution in [3.63, 3.8) is 0 Å². The fourth-order valence-corrected chi connectivity index (χ4v) is 3.38. The molecule has 0 unspecified atom stereocenters. The van der Waals surface area contributed by atoms with E-state index in [1.807, 2.05) is 11.9 Å². The maximum absolute atomic E-state index is 12.8. The van der Waals surface area contributed by atoms with Crippen LogP contribution in [0.3, 0.4) is 0 Å². The Morgan fingerprint density at radius 3 is 2.63 bits per heavy atom. The van der Waals surface area contributed by atoms with E-state index in [9.17, 15) is 23.4 Å². The number of phenolic OH excluding ortho intramolecular Hbond substituents is 1. The molecule has 2 atom stereocenters. The third-order valence-electron chi connectivity index (χ3n) is 4.84. The summed E-state index contributed by atoms with van der Waals surface area (Å²) >= 11 is 0. The van der Waals surface area contributed by atoms with Crippen LogP contribution in [0.1, 0.15) is 37.1 Å². The molecule has 1 fully saturated rings. The molecule has 27 heavy (non-hydrogen) atoms. The molecule has 1 aromatic carbocycles. The quantitative estimate of drug-likeness (QED) is 0.850.